The Bertz CT molecular complexity index is 411. The van der Waals surface area contributed by atoms with Gasteiger partial charge < -0.3 is 10.5 Å². The van der Waals surface area contributed by atoms with Crippen LogP contribution in [0.5, 0.6) is 0 Å². The molecule has 2 N–H and O–H groups in total. The summed E-state index contributed by atoms with van der Waals surface area (Å²) in [5, 5.41) is 0. The Morgan fingerprint density at radius 3 is 2.60 bits per heavy atom. The standard InChI is InChI=1S/C15H24BrClN2O/c1-3-19(4-2)10-13-8-12(9-14(16)15(13)18)11-20-7-5-6-17/h8-9H,3-7,10-11,18H2,1-2H3. The van der Waals surface area contributed by atoms with E-state index in [1.807, 2.05) is 6.07 Å². The zero-order chi connectivity index (χ0) is 15.0. The van der Waals surface area contributed by atoms with Crippen molar-refractivity contribution < 1.29 is 4.74 Å². The number of nitrogens with zero attached hydrogens (tertiary/aromatic N) is 1. The van der Waals surface area contributed by atoms with E-state index >= 15 is 0 Å². The molecule has 0 unspecified atom stereocenters. The Morgan fingerprint density at radius 2 is 2.00 bits per heavy atom. The number of hydrogen-bond donors (Lipinski definition) is 1. The summed E-state index contributed by atoms with van der Waals surface area (Å²) in [4.78, 5) is 2.34. The fraction of sp³-hybridized carbons (Fsp3) is 0.600. The van der Waals surface area contributed by atoms with Crippen LogP contribution in [0.1, 0.15) is 31.4 Å². The van der Waals surface area contributed by atoms with Gasteiger partial charge in [0.2, 0.25) is 0 Å². The predicted octanol–water partition coefficient (Wildman–Crippen LogP) is 4.02. The summed E-state index contributed by atoms with van der Waals surface area (Å²) in [5.41, 5.74) is 9.27. The molecular weight excluding hydrogens is 340 g/mol. The maximum atomic E-state index is 6.15. The smallest absolute Gasteiger partial charge is 0.0717 e. The Kier molecular flexibility index (Phi) is 8.53. The number of hydrogen-bond acceptors (Lipinski definition) is 3. The predicted molar refractivity (Wildman–Crippen MR) is 90.2 cm³/mol. The first-order valence-electron chi connectivity index (χ1n) is 7.05. The Hall–Kier alpha value is -0.290. The Balaban J connectivity index is 2.75. The molecule has 0 bridgehead atoms. The number of benzene rings is 1. The molecule has 0 aliphatic heterocycles. The largest absolute Gasteiger partial charge is 0.398 e. The lowest BCUT2D eigenvalue weighted by Gasteiger charge is -2.20. The summed E-state index contributed by atoms with van der Waals surface area (Å²) < 4.78 is 6.55. The lowest BCUT2D eigenvalue weighted by Crippen LogP contribution is -2.23. The fourth-order valence-corrected chi connectivity index (χ4v) is 2.64. The van der Waals surface area contributed by atoms with Crippen LogP contribution in [0.4, 0.5) is 5.69 Å². The van der Waals surface area contributed by atoms with E-state index in [0.717, 1.165) is 47.3 Å². The highest BCUT2D eigenvalue weighted by Crippen LogP contribution is 2.27. The number of alkyl halides is 1. The van der Waals surface area contributed by atoms with Crippen LogP contribution in [0.25, 0.3) is 0 Å². The molecule has 0 saturated carbocycles. The van der Waals surface area contributed by atoms with Gasteiger partial charge >= 0.3 is 0 Å². The molecule has 0 aliphatic carbocycles. The van der Waals surface area contributed by atoms with Gasteiger partial charge in [0, 0.05) is 23.5 Å². The quantitative estimate of drug-likeness (QED) is 0.409. The molecule has 114 valence electrons. The summed E-state index contributed by atoms with van der Waals surface area (Å²) >= 11 is 9.17. The van der Waals surface area contributed by atoms with Crippen molar-refractivity contribution >= 4 is 33.2 Å². The third-order valence-corrected chi connectivity index (χ3v) is 4.18. The number of anilines is 1. The molecule has 0 atom stereocenters. The molecule has 1 aromatic rings. The third-order valence-electron chi connectivity index (χ3n) is 3.25. The second-order valence-corrected chi connectivity index (χ2v) is 5.94. The van der Waals surface area contributed by atoms with Gasteiger partial charge in [0.15, 0.2) is 0 Å². The van der Waals surface area contributed by atoms with Crippen LogP contribution in [0.3, 0.4) is 0 Å². The van der Waals surface area contributed by atoms with Crippen molar-refractivity contribution in [2.24, 2.45) is 0 Å². The van der Waals surface area contributed by atoms with E-state index in [9.17, 15) is 0 Å². The zero-order valence-electron chi connectivity index (χ0n) is 12.3. The normalized spacial score (nSPS) is 11.2. The van der Waals surface area contributed by atoms with E-state index in [1.165, 1.54) is 0 Å². The van der Waals surface area contributed by atoms with Crippen LogP contribution >= 0.6 is 27.5 Å². The number of ether oxygens (including phenoxy) is 1. The molecule has 0 saturated heterocycles. The minimum absolute atomic E-state index is 0.598. The maximum absolute atomic E-state index is 6.15. The van der Waals surface area contributed by atoms with Crippen molar-refractivity contribution in [2.45, 2.75) is 33.4 Å². The Labute approximate surface area is 135 Å². The van der Waals surface area contributed by atoms with Gasteiger partial charge in [0.25, 0.3) is 0 Å². The highest BCUT2D eigenvalue weighted by molar-refractivity contribution is 9.10. The van der Waals surface area contributed by atoms with Crippen molar-refractivity contribution in [3.63, 3.8) is 0 Å². The van der Waals surface area contributed by atoms with E-state index in [2.05, 4.69) is 40.7 Å². The lowest BCUT2D eigenvalue weighted by molar-refractivity contribution is 0.122. The lowest BCUT2D eigenvalue weighted by atomic mass is 10.1. The monoisotopic (exact) mass is 362 g/mol. The minimum atomic E-state index is 0.598. The van der Waals surface area contributed by atoms with Crippen LogP contribution in [0.2, 0.25) is 0 Å². The van der Waals surface area contributed by atoms with E-state index in [1.54, 1.807) is 0 Å². The van der Waals surface area contributed by atoms with Crippen LogP contribution < -0.4 is 5.73 Å². The zero-order valence-corrected chi connectivity index (χ0v) is 14.6. The van der Waals surface area contributed by atoms with Crippen molar-refractivity contribution in [1.82, 2.24) is 4.90 Å². The third kappa shape index (κ3) is 5.60. The molecule has 0 radical (unpaired) electrons. The fourth-order valence-electron chi connectivity index (χ4n) is 1.99. The topological polar surface area (TPSA) is 38.5 Å². The number of nitrogen functional groups attached to an aromatic ring is 1. The summed E-state index contributed by atoms with van der Waals surface area (Å²) in [6, 6.07) is 4.17. The number of nitrogens with two attached hydrogens (primary N) is 1. The van der Waals surface area contributed by atoms with Crippen molar-refractivity contribution in [3.8, 4) is 0 Å². The summed E-state index contributed by atoms with van der Waals surface area (Å²) in [6.07, 6.45) is 0.879. The second-order valence-electron chi connectivity index (χ2n) is 4.71. The molecule has 0 heterocycles. The van der Waals surface area contributed by atoms with Crippen molar-refractivity contribution in [3.05, 3.63) is 27.7 Å². The molecule has 0 amide bonds. The molecule has 3 nitrogen and oxygen atoms in total. The van der Waals surface area contributed by atoms with Crippen LogP contribution in [-0.4, -0.2) is 30.5 Å². The SMILES string of the molecule is CCN(CC)Cc1cc(COCCCCl)cc(Br)c1N. The molecule has 5 heteroatoms. The van der Waals surface area contributed by atoms with Gasteiger partial charge in [0.1, 0.15) is 0 Å². The van der Waals surface area contributed by atoms with Crippen LogP contribution in [0.15, 0.2) is 16.6 Å². The first-order chi connectivity index (χ1) is 9.62. The van der Waals surface area contributed by atoms with Crippen LogP contribution in [0, 0.1) is 0 Å². The molecule has 1 rings (SSSR count). The Morgan fingerprint density at radius 1 is 1.30 bits per heavy atom. The van der Waals surface area contributed by atoms with Crippen molar-refractivity contribution in [1.29, 1.82) is 0 Å². The van der Waals surface area contributed by atoms with Gasteiger partial charge in [-0.25, -0.2) is 0 Å². The van der Waals surface area contributed by atoms with Crippen molar-refractivity contribution in [2.75, 3.05) is 31.3 Å². The number of halogens is 2. The van der Waals surface area contributed by atoms with Gasteiger partial charge in [-0.1, -0.05) is 19.9 Å². The van der Waals surface area contributed by atoms with Gasteiger partial charge in [-0.3, -0.25) is 4.90 Å². The molecule has 1 aromatic carbocycles. The molecular formula is C15H24BrClN2O. The summed E-state index contributed by atoms with van der Waals surface area (Å²) in [7, 11) is 0. The van der Waals surface area contributed by atoms with E-state index in [4.69, 9.17) is 22.1 Å². The summed E-state index contributed by atoms with van der Waals surface area (Å²) in [6.45, 7) is 8.51. The van der Waals surface area contributed by atoms with Crippen LogP contribution in [-0.2, 0) is 17.9 Å². The maximum Gasteiger partial charge on any atom is 0.0717 e. The van der Waals surface area contributed by atoms with E-state index < -0.39 is 0 Å². The minimum Gasteiger partial charge on any atom is -0.398 e. The van der Waals surface area contributed by atoms with Gasteiger partial charge in [-0.05, 0) is 52.6 Å². The van der Waals surface area contributed by atoms with Gasteiger partial charge in [-0.2, -0.15) is 0 Å². The van der Waals surface area contributed by atoms with E-state index in [0.29, 0.717) is 19.1 Å². The van der Waals surface area contributed by atoms with E-state index in [-0.39, 0.29) is 0 Å². The molecule has 20 heavy (non-hydrogen) atoms. The first-order valence-corrected chi connectivity index (χ1v) is 8.37. The highest BCUT2D eigenvalue weighted by Gasteiger charge is 2.09. The first kappa shape index (κ1) is 17.8. The molecule has 0 aliphatic rings. The molecule has 0 aromatic heterocycles. The van der Waals surface area contributed by atoms with Gasteiger partial charge in [-0.15, -0.1) is 11.6 Å². The van der Waals surface area contributed by atoms with Gasteiger partial charge in [0.05, 0.1) is 12.3 Å². The molecule has 0 spiro atoms. The molecule has 0 fully saturated rings. The summed E-state index contributed by atoms with van der Waals surface area (Å²) in [5.74, 6) is 0.638. The average molecular weight is 364 g/mol. The number of rotatable bonds is 9. The average Bonchev–Trinajstić information content (AvgIpc) is 2.45. The highest BCUT2D eigenvalue weighted by atomic mass is 79.9. The second kappa shape index (κ2) is 9.61.